The maximum absolute atomic E-state index is 11.6. The molecule has 0 radical (unpaired) electrons. The summed E-state index contributed by atoms with van der Waals surface area (Å²) in [6, 6.07) is 17.8. The molecular formula is C18H22N2O2. The molecule has 4 heteroatoms. The van der Waals surface area contributed by atoms with Crippen LogP contribution in [-0.2, 0) is 17.8 Å². The molecule has 2 N–H and O–H groups in total. The molecule has 116 valence electrons. The molecule has 22 heavy (non-hydrogen) atoms. The molecule has 0 fully saturated rings. The molecule has 0 aliphatic carbocycles. The van der Waals surface area contributed by atoms with Crippen molar-refractivity contribution in [2.75, 3.05) is 20.2 Å². The summed E-state index contributed by atoms with van der Waals surface area (Å²) in [5.74, 6) is -0.310. The van der Waals surface area contributed by atoms with Gasteiger partial charge in [-0.3, -0.25) is 4.90 Å². The van der Waals surface area contributed by atoms with Crippen molar-refractivity contribution in [2.24, 2.45) is 5.73 Å². The maximum Gasteiger partial charge on any atom is 0.337 e. The number of methoxy groups -OCH3 is 1. The highest BCUT2D eigenvalue weighted by molar-refractivity contribution is 5.89. The molecule has 0 saturated carbocycles. The van der Waals surface area contributed by atoms with Gasteiger partial charge in [-0.2, -0.15) is 0 Å². The molecule has 0 spiro atoms. The van der Waals surface area contributed by atoms with Crippen molar-refractivity contribution in [1.82, 2.24) is 4.90 Å². The van der Waals surface area contributed by atoms with E-state index in [9.17, 15) is 4.79 Å². The Morgan fingerprint density at radius 3 is 2.41 bits per heavy atom. The highest BCUT2D eigenvalue weighted by atomic mass is 16.5. The molecule has 0 bridgehead atoms. The number of nitrogens with zero attached hydrogens (tertiary/aromatic N) is 1. The van der Waals surface area contributed by atoms with E-state index in [0.29, 0.717) is 12.1 Å². The molecule has 0 atom stereocenters. The van der Waals surface area contributed by atoms with Gasteiger partial charge >= 0.3 is 5.97 Å². The van der Waals surface area contributed by atoms with Gasteiger partial charge in [0, 0.05) is 26.2 Å². The SMILES string of the molecule is COC(=O)c1cccc(CN(CCN)Cc2ccccc2)c1. The normalized spacial score (nSPS) is 10.7. The van der Waals surface area contributed by atoms with Gasteiger partial charge in [0.2, 0.25) is 0 Å². The predicted molar refractivity (Wildman–Crippen MR) is 87.4 cm³/mol. The Morgan fingerprint density at radius 2 is 1.73 bits per heavy atom. The van der Waals surface area contributed by atoms with E-state index in [-0.39, 0.29) is 5.97 Å². The molecule has 0 aliphatic rings. The molecule has 0 unspecified atom stereocenters. The van der Waals surface area contributed by atoms with Crippen LogP contribution in [0.25, 0.3) is 0 Å². The third-order valence-electron chi connectivity index (χ3n) is 3.45. The summed E-state index contributed by atoms with van der Waals surface area (Å²) in [5.41, 5.74) is 8.62. The lowest BCUT2D eigenvalue weighted by molar-refractivity contribution is 0.0600. The quantitative estimate of drug-likeness (QED) is 0.798. The Labute approximate surface area is 131 Å². The topological polar surface area (TPSA) is 55.6 Å². The minimum atomic E-state index is -0.310. The fourth-order valence-corrected chi connectivity index (χ4v) is 2.41. The fraction of sp³-hybridized carbons (Fsp3) is 0.278. The van der Waals surface area contributed by atoms with Crippen LogP contribution in [0.4, 0.5) is 0 Å². The van der Waals surface area contributed by atoms with E-state index in [2.05, 4.69) is 17.0 Å². The lowest BCUT2D eigenvalue weighted by atomic mass is 10.1. The lowest BCUT2D eigenvalue weighted by Crippen LogP contribution is -2.28. The van der Waals surface area contributed by atoms with E-state index in [1.165, 1.54) is 12.7 Å². The Kier molecular flexibility index (Phi) is 6.13. The van der Waals surface area contributed by atoms with Crippen LogP contribution >= 0.6 is 0 Å². The first kappa shape index (κ1) is 16.2. The number of hydrogen-bond acceptors (Lipinski definition) is 4. The first-order valence-corrected chi connectivity index (χ1v) is 7.36. The van der Waals surface area contributed by atoms with Gasteiger partial charge in [-0.15, -0.1) is 0 Å². The number of nitrogens with two attached hydrogens (primary N) is 1. The van der Waals surface area contributed by atoms with Gasteiger partial charge in [-0.05, 0) is 23.3 Å². The molecule has 0 aliphatic heterocycles. The van der Waals surface area contributed by atoms with Gasteiger partial charge in [-0.25, -0.2) is 4.79 Å². The number of carbonyl (C=O) groups is 1. The van der Waals surface area contributed by atoms with Gasteiger partial charge < -0.3 is 10.5 Å². The molecule has 0 amide bonds. The standard InChI is InChI=1S/C18H22N2O2/c1-22-18(21)17-9-5-8-16(12-17)14-20(11-10-19)13-15-6-3-2-4-7-15/h2-9,12H,10-11,13-14,19H2,1H3. The van der Waals surface area contributed by atoms with Crippen molar-refractivity contribution in [3.63, 3.8) is 0 Å². The third kappa shape index (κ3) is 4.69. The van der Waals surface area contributed by atoms with E-state index in [1.807, 2.05) is 36.4 Å². The molecular weight excluding hydrogens is 276 g/mol. The molecule has 0 heterocycles. The Morgan fingerprint density at radius 1 is 1.05 bits per heavy atom. The number of rotatable bonds is 7. The highest BCUT2D eigenvalue weighted by Gasteiger charge is 2.09. The van der Waals surface area contributed by atoms with Gasteiger partial charge in [0.15, 0.2) is 0 Å². The van der Waals surface area contributed by atoms with Crippen LogP contribution in [0.5, 0.6) is 0 Å². The number of carbonyl (C=O) groups excluding carboxylic acids is 1. The predicted octanol–water partition coefficient (Wildman–Crippen LogP) is 2.43. The largest absolute Gasteiger partial charge is 0.465 e. The van der Waals surface area contributed by atoms with Crippen LogP contribution in [-0.4, -0.2) is 31.1 Å². The van der Waals surface area contributed by atoms with Crippen LogP contribution in [0, 0.1) is 0 Å². The number of esters is 1. The molecule has 2 aromatic rings. The van der Waals surface area contributed by atoms with Gasteiger partial charge in [0.05, 0.1) is 12.7 Å². The van der Waals surface area contributed by atoms with Crippen molar-refractivity contribution in [3.8, 4) is 0 Å². The zero-order valence-electron chi connectivity index (χ0n) is 12.9. The van der Waals surface area contributed by atoms with E-state index in [0.717, 1.165) is 25.2 Å². The van der Waals surface area contributed by atoms with Gasteiger partial charge in [0.1, 0.15) is 0 Å². The monoisotopic (exact) mass is 298 g/mol. The molecule has 2 rings (SSSR count). The zero-order chi connectivity index (χ0) is 15.8. The van der Waals surface area contributed by atoms with Crippen molar-refractivity contribution >= 4 is 5.97 Å². The minimum Gasteiger partial charge on any atom is -0.465 e. The number of benzene rings is 2. The Hall–Kier alpha value is -2.17. The van der Waals surface area contributed by atoms with Gasteiger partial charge in [-0.1, -0.05) is 42.5 Å². The highest BCUT2D eigenvalue weighted by Crippen LogP contribution is 2.12. The van der Waals surface area contributed by atoms with E-state index in [4.69, 9.17) is 10.5 Å². The average Bonchev–Trinajstić information content (AvgIpc) is 2.55. The van der Waals surface area contributed by atoms with Crippen molar-refractivity contribution in [2.45, 2.75) is 13.1 Å². The summed E-state index contributed by atoms with van der Waals surface area (Å²) in [6.07, 6.45) is 0. The maximum atomic E-state index is 11.6. The number of ether oxygens (including phenoxy) is 1. The summed E-state index contributed by atoms with van der Waals surface area (Å²) in [6.45, 7) is 2.98. The van der Waals surface area contributed by atoms with Gasteiger partial charge in [0.25, 0.3) is 0 Å². The Bertz CT molecular complexity index is 599. The van der Waals surface area contributed by atoms with Crippen LogP contribution in [0.3, 0.4) is 0 Å². The van der Waals surface area contributed by atoms with Crippen LogP contribution < -0.4 is 5.73 Å². The smallest absolute Gasteiger partial charge is 0.337 e. The minimum absolute atomic E-state index is 0.310. The summed E-state index contributed by atoms with van der Waals surface area (Å²) in [7, 11) is 1.39. The second-order valence-electron chi connectivity index (χ2n) is 5.18. The summed E-state index contributed by atoms with van der Waals surface area (Å²) < 4.78 is 4.77. The average molecular weight is 298 g/mol. The summed E-state index contributed by atoms with van der Waals surface area (Å²) in [4.78, 5) is 13.9. The van der Waals surface area contributed by atoms with Crippen LogP contribution in [0.2, 0.25) is 0 Å². The first-order chi connectivity index (χ1) is 10.7. The number of hydrogen-bond donors (Lipinski definition) is 1. The summed E-state index contributed by atoms with van der Waals surface area (Å²) in [5, 5.41) is 0. The van der Waals surface area contributed by atoms with Crippen molar-refractivity contribution in [3.05, 3.63) is 71.3 Å². The van der Waals surface area contributed by atoms with Crippen LogP contribution in [0.1, 0.15) is 21.5 Å². The summed E-state index contributed by atoms with van der Waals surface area (Å²) >= 11 is 0. The lowest BCUT2D eigenvalue weighted by Gasteiger charge is -2.22. The zero-order valence-corrected chi connectivity index (χ0v) is 12.9. The third-order valence-corrected chi connectivity index (χ3v) is 3.45. The van der Waals surface area contributed by atoms with Crippen molar-refractivity contribution < 1.29 is 9.53 Å². The first-order valence-electron chi connectivity index (χ1n) is 7.36. The fourth-order valence-electron chi connectivity index (χ4n) is 2.41. The molecule has 2 aromatic carbocycles. The molecule has 0 saturated heterocycles. The van der Waals surface area contributed by atoms with E-state index < -0.39 is 0 Å². The molecule has 4 nitrogen and oxygen atoms in total. The van der Waals surface area contributed by atoms with Crippen molar-refractivity contribution in [1.29, 1.82) is 0 Å². The second kappa shape index (κ2) is 8.32. The van der Waals surface area contributed by atoms with E-state index >= 15 is 0 Å². The molecule has 0 aromatic heterocycles. The Balaban J connectivity index is 2.09. The van der Waals surface area contributed by atoms with E-state index in [1.54, 1.807) is 6.07 Å². The second-order valence-corrected chi connectivity index (χ2v) is 5.18. The van der Waals surface area contributed by atoms with Crippen LogP contribution in [0.15, 0.2) is 54.6 Å².